The zero-order chi connectivity index (χ0) is 29.5. The third-order valence-corrected chi connectivity index (χ3v) is 10.5. The summed E-state index contributed by atoms with van der Waals surface area (Å²) in [7, 11) is 0. The number of benzene rings is 2. The molecule has 1 N–H and O–H groups in total. The second-order valence-corrected chi connectivity index (χ2v) is 13.6. The molecule has 4 saturated carbocycles. The molecule has 8 rings (SSSR count). The fourth-order valence-corrected chi connectivity index (χ4v) is 9.28. The first kappa shape index (κ1) is 26.9. The van der Waals surface area contributed by atoms with E-state index in [1.54, 1.807) is 6.08 Å². The van der Waals surface area contributed by atoms with Gasteiger partial charge in [-0.05, 0) is 143 Å². The number of urea groups is 1. The summed E-state index contributed by atoms with van der Waals surface area (Å²) in [5, 5.41) is 2.40. The second kappa shape index (κ2) is 9.55. The van der Waals surface area contributed by atoms with Gasteiger partial charge in [0.2, 0.25) is 0 Å². The van der Waals surface area contributed by atoms with Crippen LogP contribution in [0, 0.1) is 52.4 Å². The molecular formula is C36H39N3O3. The lowest BCUT2D eigenvalue weighted by Gasteiger charge is -2.57. The fourth-order valence-electron chi connectivity index (χ4n) is 9.28. The van der Waals surface area contributed by atoms with Gasteiger partial charge in [-0.3, -0.25) is 14.9 Å². The van der Waals surface area contributed by atoms with Gasteiger partial charge in [-0.15, -0.1) is 0 Å². The first-order chi connectivity index (χ1) is 20.0. The Labute approximate surface area is 247 Å². The van der Waals surface area contributed by atoms with Crippen molar-refractivity contribution < 1.29 is 14.4 Å². The summed E-state index contributed by atoms with van der Waals surface area (Å²) in [4.78, 5) is 40.8. The topological polar surface area (TPSA) is 71.4 Å². The third-order valence-electron chi connectivity index (χ3n) is 10.5. The summed E-state index contributed by atoms with van der Waals surface area (Å²) in [6, 6.07) is 13.6. The van der Waals surface area contributed by atoms with Crippen LogP contribution in [0.2, 0.25) is 0 Å². The molecule has 3 aromatic rings. The average molecular weight is 562 g/mol. The number of barbiturate groups is 1. The number of amides is 4. The van der Waals surface area contributed by atoms with E-state index in [1.807, 2.05) is 32.0 Å². The molecule has 5 fully saturated rings. The monoisotopic (exact) mass is 561 g/mol. The van der Waals surface area contributed by atoms with E-state index in [0.29, 0.717) is 5.69 Å². The molecule has 4 bridgehead atoms. The van der Waals surface area contributed by atoms with Crippen molar-refractivity contribution in [1.82, 2.24) is 9.88 Å². The van der Waals surface area contributed by atoms with E-state index in [1.165, 1.54) is 49.7 Å². The zero-order valence-corrected chi connectivity index (χ0v) is 25.2. The van der Waals surface area contributed by atoms with E-state index >= 15 is 0 Å². The van der Waals surface area contributed by atoms with Gasteiger partial charge in [0.15, 0.2) is 0 Å². The number of hydrogen-bond acceptors (Lipinski definition) is 3. The van der Waals surface area contributed by atoms with Gasteiger partial charge < -0.3 is 4.57 Å². The van der Waals surface area contributed by atoms with Crippen LogP contribution in [0.4, 0.5) is 10.5 Å². The number of nitrogens with zero attached hydrogens (tertiary/aromatic N) is 2. The normalized spacial score (nSPS) is 27.7. The number of carbonyl (C=O) groups is 3. The maximum Gasteiger partial charge on any atom is 0.335 e. The van der Waals surface area contributed by atoms with Crippen LogP contribution in [-0.2, 0) is 15.0 Å². The Balaban J connectivity index is 1.20. The summed E-state index contributed by atoms with van der Waals surface area (Å²) >= 11 is 0. The number of hydrogen-bond donors (Lipinski definition) is 1. The highest BCUT2D eigenvalue weighted by Gasteiger charge is 2.51. The van der Waals surface area contributed by atoms with Gasteiger partial charge in [-0.1, -0.05) is 29.8 Å². The van der Waals surface area contributed by atoms with Gasteiger partial charge in [-0.25, -0.2) is 9.69 Å². The van der Waals surface area contributed by atoms with Gasteiger partial charge in [-0.2, -0.15) is 0 Å². The van der Waals surface area contributed by atoms with Crippen LogP contribution in [0.1, 0.15) is 77.7 Å². The fraction of sp³-hybridized carbons (Fsp3) is 0.417. The number of imide groups is 2. The lowest BCUT2D eigenvalue weighted by molar-refractivity contribution is -0.122. The van der Waals surface area contributed by atoms with Crippen LogP contribution < -0.4 is 10.2 Å². The SMILES string of the molecule is Cc1cc(C)c(-n2c(C)cc(/C=C3\C(=O)NC(=O)N(c4ccc(C56CC7CC(CC(C7)C5)C6)cc4)C3=O)c2C)c(C)c1. The zero-order valence-electron chi connectivity index (χ0n) is 25.2. The predicted molar refractivity (Wildman–Crippen MR) is 165 cm³/mol. The van der Waals surface area contributed by atoms with Gasteiger partial charge >= 0.3 is 6.03 Å². The quantitative estimate of drug-likeness (QED) is 0.272. The third kappa shape index (κ3) is 4.18. The molecule has 0 atom stereocenters. The van der Waals surface area contributed by atoms with Gasteiger partial charge in [0.25, 0.3) is 11.8 Å². The molecule has 2 aromatic carbocycles. The van der Waals surface area contributed by atoms with Crippen molar-refractivity contribution in [3.8, 4) is 5.69 Å². The molecule has 6 heteroatoms. The molecule has 1 saturated heterocycles. The Morgan fingerprint density at radius 1 is 0.810 bits per heavy atom. The van der Waals surface area contributed by atoms with Crippen molar-refractivity contribution in [2.75, 3.05) is 4.90 Å². The molecule has 0 radical (unpaired) electrons. The van der Waals surface area contributed by atoms with Crippen LogP contribution in [0.5, 0.6) is 0 Å². The van der Waals surface area contributed by atoms with Crippen LogP contribution >= 0.6 is 0 Å². The van der Waals surface area contributed by atoms with E-state index < -0.39 is 17.8 Å². The molecule has 4 amide bonds. The summed E-state index contributed by atoms with van der Waals surface area (Å²) < 4.78 is 2.17. The molecule has 2 heterocycles. The van der Waals surface area contributed by atoms with Crippen LogP contribution in [0.15, 0.2) is 48.0 Å². The van der Waals surface area contributed by atoms with Gasteiger partial charge in [0.1, 0.15) is 5.57 Å². The smallest absolute Gasteiger partial charge is 0.317 e. The first-order valence-corrected chi connectivity index (χ1v) is 15.3. The predicted octanol–water partition coefficient (Wildman–Crippen LogP) is 7.15. The molecule has 1 aromatic heterocycles. The first-order valence-electron chi connectivity index (χ1n) is 15.3. The number of aryl methyl sites for hydroxylation is 4. The lowest BCUT2D eigenvalue weighted by Crippen LogP contribution is -2.54. The van der Waals surface area contributed by atoms with E-state index in [9.17, 15) is 14.4 Å². The Morgan fingerprint density at radius 3 is 1.95 bits per heavy atom. The summed E-state index contributed by atoms with van der Waals surface area (Å²) in [5.41, 5.74) is 9.35. The molecule has 216 valence electrons. The van der Waals surface area contributed by atoms with Gasteiger partial charge in [0.05, 0.1) is 11.4 Å². The molecule has 1 aliphatic heterocycles. The van der Waals surface area contributed by atoms with Crippen LogP contribution in [0.25, 0.3) is 11.8 Å². The number of anilines is 1. The number of nitrogens with one attached hydrogen (secondary N) is 1. The van der Waals surface area contributed by atoms with E-state index in [-0.39, 0.29) is 11.0 Å². The summed E-state index contributed by atoms with van der Waals surface area (Å²) in [6.07, 6.45) is 9.54. The highest BCUT2D eigenvalue weighted by Crippen LogP contribution is 2.60. The lowest BCUT2D eigenvalue weighted by atomic mass is 9.48. The number of rotatable bonds is 4. The van der Waals surface area contributed by atoms with Crippen molar-refractivity contribution in [2.24, 2.45) is 17.8 Å². The van der Waals surface area contributed by atoms with E-state index in [4.69, 9.17) is 0 Å². The van der Waals surface area contributed by atoms with Crippen LogP contribution in [0.3, 0.4) is 0 Å². The highest BCUT2D eigenvalue weighted by molar-refractivity contribution is 6.39. The molecule has 4 aliphatic carbocycles. The Bertz CT molecular complexity index is 1630. The minimum atomic E-state index is -0.707. The summed E-state index contributed by atoms with van der Waals surface area (Å²) in [5.74, 6) is 1.25. The molecule has 6 nitrogen and oxygen atoms in total. The molecular weight excluding hydrogens is 522 g/mol. The second-order valence-electron chi connectivity index (χ2n) is 13.6. The average Bonchev–Trinajstić information content (AvgIpc) is 3.18. The maximum absolute atomic E-state index is 13.7. The molecule has 5 aliphatic rings. The minimum absolute atomic E-state index is 0.0441. The van der Waals surface area contributed by atoms with Crippen molar-refractivity contribution in [2.45, 2.75) is 78.6 Å². The van der Waals surface area contributed by atoms with Crippen molar-refractivity contribution in [1.29, 1.82) is 0 Å². The Kier molecular flexibility index (Phi) is 6.12. The largest absolute Gasteiger partial charge is 0.335 e. The van der Waals surface area contributed by atoms with Gasteiger partial charge in [0, 0.05) is 11.4 Å². The van der Waals surface area contributed by atoms with Crippen molar-refractivity contribution in [3.05, 3.63) is 87.2 Å². The number of carbonyl (C=O) groups excluding carboxylic acids is 3. The van der Waals surface area contributed by atoms with E-state index in [0.717, 1.165) is 56.4 Å². The standard InChI is InChI=1S/C36H39N3O3/c1-20-10-21(2)32(22(3)11-20)38-23(4)12-28(24(38)5)16-31-33(40)37-35(42)39(34(31)41)30-8-6-29(7-9-30)36-17-25-13-26(18-36)15-27(14-25)19-36/h6-12,16,25-27H,13-15,17-19H2,1-5H3,(H,37,40,42)/b31-16+. The van der Waals surface area contributed by atoms with Crippen molar-refractivity contribution in [3.63, 3.8) is 0 Å². The van der Waals surface area contributed by atoms with E-state index in [2.05, 4.69) is 54.9 Å². The summed E-state index contributed by atoms with van der Waals surface area (Å²) in [6.45, 7) is 10.3. The molecule has 0 spiro atoms. The Hall–Kier alpha value is -3.93. The Morgan fingerprint density at radius 2 is 1.38 bits per heavy atom. The number of aromatic nitrogens is 1. The maximum atomic E-state index is 13.7. The van der Waals surface area contributed by atoms with Crippen LogP contribution in [-0.4, -0.2) is 22.4 Å². The highest BCUT2D eigenvalue weighted by atomic mass is 16.2. The van der Waals surface area contributed by atoms with Crippen molar-refractivity contribution >= 4 is 29.6 Å². The molecule has 0 unspecified atom stereocenters. The molecule has 42 heavy (non-hydrogen) atoms. The minimum Gasteiger partial charge on any atom is -0.317 e.